The van der Waals surface area contributed by atoms with Gasteiger partial charge in [-0.3, -0.25) is 0 Å². The Morgan fingerprint density at radius 3 is 2.53 bits per heavy atom. The summed E-state index contributed by atoms with van der Waals surface area (Å²) in [5.74, 6) is 0. The quantitative estimate of drug-likeness (QED) is 0.828. The topological polar surface area (TPSA) is 17.0 Å². The summed E-state index contributed by atoms with van der Waals surface area (Å²) in [5.41, 5.74) is 2.60. The molecule has 0 bridgehead atoms. The molecule has 1 N–H and O–H groups in total. The predicted molar refractivity (Wildman–Crippen MR) is 72.5 cm³/mol. The van der Waals surface area contributed by atoms with Crippen molar-refractivity contribution in [1.82, 2.24) is 9.88 Å². The summed E-state index contributed by atoms with van der Waals surface area (Å²) in [4.78, 5) is 0. The van der Waals surface area contributed by atoms with Gasteiger partial charge in [0.1, 0.15) is 0 Å². The molecule has 90 valence electrons. The minimum Gasteiger partial charge on any atom is -0.324 e. The molecular weight excluding hydrogens is 208 g/mol. The number of para-hydroxylation sites is 1. The molecule has 2 aromatic rings. The lowest BCUT2D eigenvalue weighted by molar-refractivity contribution is 0.568. The van der Waals surface area contributed by atoms with Gasteiger partial charge in [0.25, 0.3) is 0 Å². The van der Waals surface area contributed by atoms with E-state index in [1.165, 1.54) is 11.3 Å². The van der Waals surface area contributed by atoms with Gasteiger partial charge in [0, 0.05) is 24.1 Å². The predicted octanol–water partition coefficient (Wildman–Crippen LogP) is 3.54. The van der Waals surface area contributed by atoms with Crippen molar-refractivity contribution in [3.63, 3.8) is 0 Å². The van der Waals surface area contributed by atoms with Crippen LogP contribution in [0.15, 0.2) is 48.8 Å². The fourth-order valence-electron chi connectivity index (χ4n) is 2.05. The molecule has 1 aromatic carbocycles. The zero-order chi connectivity index (χ0) is 12.1. The van der Waals surface area contributed by atoms with Crippen LogP contribution in [0.2, 0.25) is 0 Å². The fraction of sp³-hybridized carbons (Fsp3) is 0.333. The van der Waals surface area contributed by atoms with Crippen molar-refractivity contribution in [2.45, 2.75) is 26.3 Å². The van der Waals surface area contributed by atoms with Crippen molar-refractivity contribution in [3.05, 3.63) is 54.4 Å². The van der Waals surface area contributed by atoms with Crippen molar-refractivity contribution in [1.29, 1.82) is 0 Å². The minimum atomic E-state index is 0.383. The largest absolute Gasteiger partial charge is 0.324 e. The second-order valence-corrected chi connectivity index (χ2v) is 4.32. The van der Waals surface area contributed by atoms with Crippen LogP contribution in [0.3, 0.4) is 0 Å². The summed E-state index contributed by atoms with van der Waals surface area (Å²) < 4.78 is 2.17. The lowest BCUT2D eigenvalue weighted by Crippen LogP contribution is -2.20. The van der Waals surface area contributed by atoms with Crippen LogP contribution in [-0.2, 0) is 0 Å². The van der Waals surface area contributed by atoms with Gasteiger partial charge >= 0.3 is 0 Å². The molecule has 2 heteroatoms. The minimum absolute atomic E-state index is 0.383. The van der Waals surface area contributed by atoms with E-state index in [4.69, 9.17) is 0 Å². The molecule has 0 saturated heterocycles. The first-order valence-electron chi connectivity index (χ1n) is 6.28. The van der Waals surface area contributed by atoms with E-state index in [9.17, 15) is 0 Å². The summed E-state index contributed by atoms with van der Waals surface area (Å²) in [6.07, 6.45) is 5.34. The van der Waals surface area contributed by atoms with Crippen molar-refractivity contribution in [3.8, 4) is 5.69 Å². The summed E-state index contributed by atoms with van der Waals surface area (Å²) in [6.45, 7) is 5.47. The molecule has 17 heavy (non-hydrogen) atoms. The molecule has 0 amide bonds. The Morgan fingerprint density at radius 2 is 1.82 bits per heavy atom. The lowest BCUT2D eigenvalue weighted by atomic mass is 10.1. The molecule has 0 saturated carbocycles. The summed E-state index contributed by atoms with van der Waals surface area (Å²) in [5, 5.41) is 3.54. The maximum atomic E-state index is 3.54. The third-order valence-corrected chi connectivity index (χ3v) is 2.99. The number of hydrogen-bond donors (Lipinski definition) is 1. The van der Waals surface area contributed by atoms with Crippen LogP contribution in [-0.4, -0.2) is 11.1 Å². The van der Waals surface area contributed by atoms with Gasteiger partial charge in [0.05, 0.1) is 0 Å². The monoisotopic (exact) mass is 228 g/mol. The first kappa shape index (κ1) is 11.9. The zero-order valence-electron chi connectivity index (χ0n) is 10.6. The van der Waals surface area contributed by atoms with E-state index in [2.05, 4.69) is 72.5 Å². The van der Waals surface area contributed by atoms with E-state index < -0.39 is 0 Å². The van der Waals surface area contributed by atoms with Crippen LogP contribution >= 0.6 is 0 Å². The highest BCUT2D eigenvalue weighted by molar-refractivity contribution is 5.43. The van der Waals surface area contributed by atoms with Crippen LogP contribution < -0.4 is 5.32 Å². The highest BCUT2D eigenvalue weighted by atomic mass is 15.0. The Kier molecular flexibility index (Phi) is 3.99. The molecule has 0 aliphatic carbocycles. The number of aromatic nitrogens is 1. The Bertz CT molecular complexity index is 446. The molecular formula is C15H20N2. The highest BCUT2D eigenvalue weighted by Crippen LogP contribution is 2.21. The van der Waals surface area contributed by atoms with Gasteiger partial charge in [-0.15, -0.1) is 0 Å². The Morgan fingerprint density at radius 1 is 1.12 bits per heavy atom. The molecule has 1 atom stereocenters. The van der Waals surface area contributed by atoms with Crippen LogP contribution in [0.4, 0.5) is 0 Å². The molecule has 1 aromatic heterocycles. The van der Waals surface area contributed by atoms with Crippen molar-refractivity contribution in [2.75, 3.05) is 6.54 Å². The smallest absolute Gasteiger partial charge is 0.0497 e. The number of benzene rings is 1. The van der Waals surface area contributed by atoms with Gasteiger partial charge < -0.3 is 9.88 Å². The number of nitrogens with zero attached hydrogens (tertiary/aromatic N) is 1. The standard InChI is InChI=1S/C15H20N2/c1-3-10-16-13(2)14-8-4-5-9-15(14)17-11-6-7-12-17/h4-9,11-13,16H,3,10H2,1-2H3. The van der Waals surface area contributed by atoms with E-state index in [-0.39, 0.29) is 0 Å². The number of nitrogens with one attached hydrogen (secondary N) is 1. The normalized spacial score (nSPS) is 12.6. The summed E-state index contributed by atoms with van der Waals surface area (Å²) in [7, 11) is 0. The van der Waals surface area contributed by atoms with E-state index in [0.717, 1.165) is 13.0 Å². The molecule has 1 unspecified atom stereocenters. The Balaban J connectivity index is 2.28. The summed E-state index contributed by atoms with van der Waals surface area (Å²) in [6, 6.07) is 13.1. The lowest BCUT2D eigenvalue weighted by Gasteiger charge is -2.18. The van der Waals surface area contributed by atoms with Crippen LogP contribution in [0.1, 0.15) is 31.9 Å². The van der Waals surface area contributed by atoms with Crippen molar-refractivity contribution < 1.29 is 0 Å². The zero-order valence-corrected chi connectivity index (χ0v) is 10.6. The number of rotatable bonds is 5. The summed E-state index contributed by atoms with van der Waals surface area (Å²) >= 11 is 0. The van der Waals surface area contributed by atoms with Gasteiger partial charge in [0.2, 0.25) is 0 Å². The van der Waals surface area contributed by atoms with Gasteiger partial charge in [0.15, 0.2) is 0 Å². The molecule has 0 aliphatic heterocycles. The molecule has 0 radical (unpaired) electrons. The third-order valence-electron chi connectivity index (χ3n) is 2.99. The second-order valence-electron chi connectivity index (χ2n) is 4.32. The number of hydrogen-bond acceptors (Lipinski definition) is 1. The molecule has 2 nitrogen and oxygen atoms in total. The van der Waals surface area contributed by atoms with Gasteiger partial charge in [-0.05, 0) is 43.7 Å². The van der Waals surface area contributed by atoms with Crippen molar-refractivity contribution in [2.24, 2.45) is 0 Å². The maximum Gasteiger partial charge on any atom is 0.0497 e. The first-order chi connectivity index (χ1) is 8.33. The Labute approximate surface area is 103 Å². The molecule has 0 aliphatic rings. The van der Waals surface area contributed by atoms with Crippen LogP contribution in [0.5, 0.6) is 0 Å². The van der Waals surface area contributed by atoms with Crippen LogP contribution in [0.25, 0.3) is 5.69 Å². The molecule has 0 fully saturated rings. The van der Waals surface area contributed by atoms with Gasteiger partial charge in [-0.25, -0.2) is 0 Å². The van der Waals surface area contributed by atoms with E-state index in [1.807, 2.05) is 0 Å². The molecule has 1 heterocycles. The average molecular weight is 228 g/mol. The Hall–Kier alpha value is -1.54. The average Bonchev–Trinajstić information content (AvgIpc) is 2.89. The first-order valence-corrected chi connectivity index (χ1v) is 6.28. The van der Waals surface area contributed by atoms with Gasteiger partial charge in [-0.1, -0.05) is 25.1 Å². The fourth-order valence-corrected chi connectivity index (χ4v) is 2.05. The van der Waals surface area contributed by atoms with Gasteiger partial charge in [-0.2, -0.15) is 0 Å². The molecule has 2 rings (SSSR count). The van der Waals surface area contributed by atoms with Crippen LogP contribution in [0, 0.1) is 0 Å². The molecule has 0 spiro atoms. The third kappa shape index (κ3) is 2.77. The second kappa shape index (κ2) is 5.69. The SMILES string of the molecule is CCCNC(C)c1ccccc1-n1cccc1. The maximum absolute atomic E-state index is 3.54. The highest BCUT2D eigenvalue weighted by Gasteiger charge is 2.09. The van der Waals surface area contributed by atoms with E-state index >= 15 is 0 Å². The van der Waals surface area contributed by atoms with E-state index in [0.29, 0.717) is 6.04 Å². The van der Waals surface area contributed by atoms with E-state index in [1.54, 1.807) is 0 Å². The van der Waals surface area contributed by atoms with Crippen molar-refractivity contribution >= 4 is 0 Å².